The lowest BCUT2D eigenvalue weighted by molar-refractivity contribution is -0.313. The van der Waals surface area contributed by atoms with Gasteiger partial charge in [0.1, 0.15) is 49.1 Å². The highest BCUT2D eigenvalue weighted by Crippen LogP contribution is 2.49. The van der Waals surface area contributed by atoms with Crippen LogP contribution in [0.1, 0.15) is 38.3 Å². The van der Waals surface area contributed by atoms with Crippen LogP contribution in [0.4, 0.5) is 5.82 Å². The minimum absolute atomic E-state index is 0.127. The number of aliphatic hydroxyl groups is 3. The maximum Gasteiger partial charge on any atom is 0.470 e. The van der Waals surface area contributed by atoms with Gasteiger partial charge in [-0.2, -0.15) is 0 Å². The number of nitrogens with one attached hydrogen (secondary N) is 1. The SMILES string of the molecule is O=P(O)(O)OC1[C@@H](OP(=O)(O)O)C(CO)O[C@@H](O[C@@H]2[C@H](OP(=O)(O)O)C(n3cnc4c(NC5CCCCC5)ncnc43)O[C@@H]2CO)[C@H]1O. The van der Waals surface area contributed by atoms with Crippen LogP contribution >= 0.6 is 23.5 Å². The lowest BCUT2D eigenvalue weighted by Gasteiger charge is -2.44. The second kappa shape index (κ2) is 15.0. The number of nitrogens with zero attached hydrogens (tertiary/aromatic N) is 4. The van der Waals surface area contributed by atoms with Crippen molar-refractivity contribution in [2.45, 2.75) is 93.4 Å². The van der Waals surface area contributed by atoms with E-state index in [-0.39, 0.29) is 17.2 Å². The number of imidazole rings is 1. The molecule has 0 spiro atoms. The third-order valence-electron chi connectivity index (χ3n) is 7.91. The van der Waals surface area contributed by atoms with Gasteiger partial charge < -0.3 is 64.2 Å². The quantitative estimate of drug-likeness (QED) is 0.103. The highest BCUT2D eigenvalue weighted by molar-refractivity contribution is 7.46. The fourth-order valence-electron chi connectivity index (χ4n) is 5.97. The van der Waals surface area contributed by atoms with Crippen LogP contribution in [0.25, 0.3) is 11.2 Å². The van der Waals surface area contributed by atoms with Crippen LogP contribution in [0.2, 0.25) is 0 Å². The molecule has 0 aromatic carbocycles. The molecule has 2 aromatic heterocycles. The van der Waals surface area contributed by atoms with Gasteiger partial charge in [0.05, 0.1) is 19.5 Å². The Morgan fingerprint density at radius 1 is 0.792 bits per heavy atom. The van der Waals surface area contributed by atoms with Crippen LogP contribution in [0.3, 0.4) is 0 Å². The van der Waals surface area contributed by atoms with E-state index in [0.717, 1.165) is 32.1 Å². The molecule has 23 nitrogen and oxygen atoms in total. The first-order chi connectivity index (χ1) is 22.5. The molecule has 0 radical (unpaired) electrons. The predicted molar refractivity (Wildman–Crippen MR) is 154 cm³/mol. The molecule has 0 bridgehead atoms. The largest absolute Gasteiger partial charge is 0.470 e. The Balaban J connectivity index is 1.47. The van der Waals surface area contributed by atoms with Gasteiger partial charge in [-0.3, -0.25) is 18.1 Å². The minimum Gasteiger partial charge on any atom is -0.394 e. The van der Waals surface area contributed by atoms with Gasteiger partial charge in [-0.15, -0.1) is 0 Å². The van der Waals surface area contributed by atoms with Gasteiger partial charge in [0, 0.05) is 6.04 Å². The van der Waals surface area contributed by atoms with Gasteiger partial charge in [-0.25, -0.2) is 28.6 Å². The first-order valence-corrected chi connectivity index (χ1v) is 19.1. The molecule has 5 rings (SSSR count). The lowest BCUT2D eigenvalue weighted by Crippen LogP contribution is -2.61. The van der Waals surface area contributed by atoms with Gasteiger partial charge in [0.25, 0.3) is 0 Å². The zero-order chi connectivity index (χ0) is 35.0. The molecule has 2 aliphatic heterocycles. The summed E-state index contributed by atoms with van der Waals surface area (Å²) >= 11 is 0. The first-order valence-electron chi connectivity index (χ1n) is 14.5. The van der Waals surface area contributed by atoms with Gasteiger partial charge >= 0.3 is 23.5 Å². The molecular weight excluding hydrogens is 715 g/mol. The maximum absolute atomic E-state index is 12.1. The molecule has 4 heterocycles. The van der Waals surface area contributed by atoms with Crippen LogP contribution < -0.4 is 5.32 Å². The molecule has 1 saturated carbocycles. The molecule has 1 aliphatic carbocycles. The van der Waals surface area contributed by atoms with Crippen LogP contribution in [0.5, 0.6) is 0 Å². The summed E-state index contributed by atoms with van der Waals surface area (Å²) in [6.07, 6.45) is -9.95. The van der Waals surface area contributed by atoms with Gasteiger partial charge in [-0.1, -0.05) is 19.3 Å². The summed E-state index contributed by atoms with van der Waals surface area (Å²) < 4.78 is 67.8. The summed E-state index contributed by atoms with van der Waals surface area (Å²) in [5.74, 6) is 0.388. The van der Waals surface area contributed by atoms with E-state index in [9.17, 15) is 58.4 Å². The summed E-state index contributed by atoms with van der Waals surface area (Å²) in [4.78, 5) is 69.9. The third-order valence-corrected chi connectivity index (χ3v) is 9.46. The normalized spacial score (nSPS) is 32.6. The molecule has 3 fully saturated rings. The van der Waals surface area contributed by atoms with E-state index in [2.05, 4.69) is 29.3 Å². The second-order valence-corrected chi connectivity index (χ2v) is 14.8. The number of phosphoric ester groups is 3. The number of hydrogen-bond donors (Lipinski definition) is 10. The number of aromatic nitrogens is 4. The summed E-state index contributed by atoms with van der Waals surface area (Å²) in [7, 11) is -16.3. The van der Waals surface area contributed by atoms with Crippen molar-refractivity contribution in [2.75, 3.05) is 18.5 Å². The standard InChI is InChI=1S/C22H36N5O18P3/c28-6-11-15(42-22-14(30)17(44-47(34,35)36)16(12(7-29)41-22)43-46(31,32)33)18(45-48(37,38)39)21(40-11)27-9-25-13-19(23-8-24-20(13)27)26-10-4-2-1-3-5-10/h8-12,14-18,21-22,28-30H,1-7H2,(H,23,24,26)(H2,31,32,33)(H2,34,35,36)(H2,37,38,39)/t11-,12?,14+,15+,16+,17?,18+,21?,22+/m1/s1. The van der Waals surface area contributed by atoms with E-state index in [1.165, 1.54) is 17.2 Å². The van der Waals surface area contributed by atoms with Crippen molar-refractivity contribution in [3.63, 3.8) is 0 Å². The van der Waals surface area contributed by atoms with Crippen molar-refractivity contribution in [3.05, 3.63) is 12.7 Å². The van der Waals surface area contributed by atoms with E-state index >= 15 is 0 Å². The molecule has 272 valence electrons. The Kier molecular flexibility index (Phi) is 11.7. The monoisotopic (exact) mass is 751 g/mol. The molecule has 2 aromatic rings. The highest BCUT2D eigenvalue weighted by Gasteiger charge is 2.56. The minimum atomic E-state index is -5.52. The van der Waals surface area contributed by atoms with Crippen molar-refractivity contribution < 1.29 is 86.2 Å². The first kappa shape index (κ1) is 37.7. The zero-order valence-corrected chi connectivity index (χ0v) is 27.4. The van der Waals surface area contributed by atoms with E-state index in [0.29, 0.717) is 5.82 Å². The number of aliphatic hydroxyl groups excluding tert-OH is 3. The Labute approximate surface area is 270 Å². The van der Waals surface area contributed by atoms with E-state index in [4.69, 9.17) is 18.7 Å². The molecule has 2 saturated heterocycles. The number of hydrogen-bond acceptors (Lipinski definition) is 16. The van der Waals surface area contributed by atoms with Crippen molar-refractivity contribution in [1.29, 1.82) is 0 Å². The van der Waals surface area contributed by atoms with E-state index in [1.807, 2.05) is 0 Å². The summed E-state index contributed by atoms with van der Waals surface area (Å²) in [5, 5.41) is 34.4. The number of phosphoric acid groups is 3. The van der Waals surface area contributed by atoms with Gasteiger partial charge in [0.2, 0.25) is 0 Å². The Morgan fingerprint density at radius 3 is 1.98 bits per heavy atom. The molecule has 9 atom stereocenters. The molecule has 48 heavy (non-hydrogen) atoms. The topological polar surface area (TPSA) is 344 Å². The van der Waals surface area contributed by atoms with Crippen LogP contribution in [-0.2, 0) is 41.5 Å². The van der Waals surface area contributed by atoms with E-state index in [1.54, 1.807) is 0 Å². The fraction of sp³-hybridized carbons (Fsp3) is 0.773. The number of ether oxygens (including phenoxy) is 3. The average Bonchev–Trinajstić information content (AvgIpc) is 3.56. The second-order valence-electron chi connectivity index (χ2n) is 11.3. The Hall–Kier alpha value is -1.56. The summed E-state index contributed by atoms with van der Waals surface area (Å²) in [5.41, 5.74) is 0.406. The Bertz CT molecular complexity index is 1550. The number of fused-ring (bicyclic) bond motifs is 1. The molecule has 10 N–H and O–H groups in total. The lowest BCUT2D eigenvalue weighted by atomic mass is 9.95. The average molecular weight is 751 g/mol. The van der Waals surface area contributed by atoms with E-state index < -0.39 is 91.9 Å². The predicted octanol–water partition coefficient (Wildman–Crippen LogP) is -1.64. The molecule has 26 heteroatoms. The van der Waals surface area contributed by atoms with Crippen LogP contribution in [-0.4, -0.2) is 132 Å². The van der Waals surface area contributed by atoms with Crippen LogP contribution in [0.15, 0.2) is 12.7 Å². The Morgan fingerprint density at radius 2 is 1.38 bits per heavy atom. The van der Waals surface area contributed by atoms with Gasteiger partial charge in [-0.05, 0) is 12.8 Å². The molecule has 3 aliphatic rings. The number of anilines is 1. The molecule has 0 amide bonds. The van der Waals surface area contributed by atoms with Gasteiger partial charge in [0.15, 0.2) is 29.5 Å². The van der Waals surface area contributed by atoms with Crippen molar-refractivity contribution >= 4 is 40.4 Å². The van der Waals surface area contributed by atoms with Crippen molar-refractivity contribution in [2.24, 2.45) is 0 Å². The van der Waals surface area contributed by atoms with Crippen LogP contribution in [0, 0.1) is 0 Å². The molecule has 3 unspecified atom stereocenters. The fourth-order valence-corrected chi connectivity index (χ4v) is 7.65. The highest BCUT2D eigenvalue weighted by atomic mass is 31.2. The summed E-state index contributed by atoms with van der Waals surface area (Å²) in [6.45, 7) is -2.00. The maximum atomic E-state index is 12.1. The number of rotatable bonds is 13. The zero-order valence-electron chi connectivity index (χ0n) is 24.7. The van der Waals surface area contributed by atoms with Crippen molar-refractivity contribution in [3.8, 4) is 0 Å². The molecular formula is C22H36N5O18P3. The van der Waals surface area contributed by atoms with Crippen molar-refractivity contribution in [1.82, 2.24) is 19.5 Å². The third kappa shape index (κ3) is 9.02. The summed E-state index contributed by atoms with van der Waals surface area (Å²) in [6, 6.07) is 0.127. The smallest absolute Gasteiger partial charge is 0.394 e.